The summed E-state index contributed by atoms with van der Waals surface area (Å²) in [4.78, 5) is 3.03. The molecule has 1 aromatic carbocycles. The summed E-state index contributed by atoms with van der Waals surface area (Å²) in [6.45, 7) is 1.87. The number of aromatic amines is 1. The number of fused-ring (bicyclic) bond motifs is 1. The Morgan fingerprint density at radius 1 is 1.50 bits per heavy atom. The lowest BCUT2D eigenvalue weighted by Gasteiger charge is -1.98. The van der Waals surface area contributed by atoms with E-state index >= 15 is 0 Å². The van der Waals surface area contributed by atoms with Gasteiger partial charge < -0.3 is 4.98 Å². The van der Waals surface area contributed by atoms with E-state index in [9.17, 15) is 4.39 Å². The van der Waals surface area contributed by atoms with E-state index in [4.69, 9.17) is 5.26 Å². The number of hydrogen-bond donors (Lipinski definition) is 1. The standard InChI is InChI=1S/C10H6BrFN2/c1-5-2-7-9(11)8(12)3-6(4-13)10(7)14-5/h2-3,14H,1H3. The minimum Gasteiger partial charge on any atom is -0.358 e. The van der Waals surface area contributed by atoms with Crippen molar-refractivity contribution in [2.75, 3.05) is 0 Å². The number of nitrogens with zero attached hydrogens (tertiary/aromatic N) is 1. The number of H-pyrrole nitrogens is 1. The summed E-state index contributed by atoms with van der Waals surface area (Å²) >= 11 is 3.15. The zero-order chi connectivity index (χ0) is 10.3. The van der Waals surface area contributed by atoms with Crippen molar-refractivity contribution in [1.82, 2.24) is 4.98 Å². The van der Waals surface area contributed by atoms with Crippen LogP contribution in [-0.4, -0.2) is 4.98 Å². The van der Waals surface area contributed by atoms with Crippen molar-refractivity contribution in [3.63, 3.8) is 0 Å². The highest BCUT2D eigenvalue weighted by atomic mass is 79.9. The minimum absolute atomic E-state index is 0.328. The highest BCUT2D eigenvalue weighted by molar-refractivity contribution is 9.10. The van der Waals surface area contributed by atoms with Crippen LogP contribution in [0.25, 0.3) is 10.9 Å². The van der Waals surface area contributed by atoms with Crippen molar-refractivity contribution in [3.8, 4) is 6.07 Å². The van der Waals surface area contributed by atoms with E-state index < -0.39 is 5.82 Å². The first-order valence-corrected chi connectivity index (χ1v) is 4.80. The maximum atomic E-state index is 13.3. The Hall–Kier alpha value is -1.34. The second-order valence-corrected chi connectivity index (χ2v) is 3.87. The summed E-state index contributed by atoms with van der Waals surface area (Å²) in [6, 6.07) is 4.99. The van der Waals surface area contributed by atoms with E-state index in [0.29, 0.717) is 20.9 Å². The molecular formula is C10H6BrFN2. The van der Waals surface area contributed by atoms with Crippen LogP contribution in [0.15, 0.2) is 16.6 Å². The highest BCUT2D eigenvalue weighted by Crippen LogP contribution is 2.29. The Balaban J connectivity index is 2.98. The van der Waals surface area contributed by atoms with Crippen molar-refractivity contribution in [1.29, 1.82) is 5.26 Å². The van der Waals surface area contributed by atoms with Gasteiger partial charge in [0.25, 0.3) is 0 Å². The van der Waals surface area contributed by atoms with Crippen LogP contribution >= 0.6 is 15.9 Å². The van der Waals surface area contributed by atoms with Crippen LogP contribution in [0.4, 0.5) is 4.39 Å². The van der Waals surface area contributed by atoms with Gasteiger partial charge in [0.1, 0.15) is 11.9 Å². The van der Waals surface area contributed by atoms with E-state index in [-0.39, 0.29) is 0 Å². The monoisotopic (exact) mass is 252 g/mol. The number of rotatable bonds is 0. The molecule has 2 nitrogen and oxygen atoms in total. The number of nitriles is 1. The van der Waals surface area contributed by atoms with Gasteiger partial charge in [0.15, 0.2) is 0 Å². The molecule has 0 radical (unpaired) electrons. The molecule has 0 aliphatic rings. The fourth-order valence-corrected chi connectivity index (χ4v) is 1.88. The van der Waals surface area contributed by atoms with Crippen LogP contribution in [0.2, 0.25) is 0 Å². The first kappa shape index (κ1) is 9.22. The molecule has 0 amide bonds. The molecule has 4 heteroatoms. The lowest BCUT2D eigenvalue weighted by atomic mass is 10.1. The molecule has 0 saturated heterocycles. The molecule has 1 aromatic heterocycles. The van der Waals surface area contributed by atoms with E-state index in [0.717, 1.165) is 5.69 Å². The average molecular weight is 253 g/mol. The molecule has 0 saturated carbocycles. The largest absolute Gasteiger partial charge is 0.358 e. The van der Waals surface area contributed by atoms with Crippen LogP contribution in [0.1, 0.15) is 11.3 Å². The number of benzene rings is 1. The van der Waals surface area contributed by atoms with Crippen molar-refractivity contribution in [3.05, 3.63) is 33.7 Å². The summed E-state index contributed by atoms with van der Waals surface area (Å²) < 4.78 is 13.7. The quantitative estimate of drug-likeness (QED) is 0.769. The van der Waals surface area contributed by atoms with Crippen LogP contribution < -0.4 is 0 Å². The van der Waals surface area contributed by atoms with Crippen LogP contribution in [0.5, 0.6) is 0 Å². The Labute approximate surface area is 88.5 Å². The van der Waals surface area contributed by atoms with Gasteiger partial charge in [-0.05, 0) is 35.0 Å². The van der Waals surface area contributed by atoms with Crippen LogP contribution in [-0.2, 0) is 0 Å². The first-order chi connectivity index (χ1) is 6.63. The maximum absolute atomic E-state index is 13.3. The molecule has 0 aliphatic heterocycles. The van der Waals surface area contributed by atoms with Gasteiger partial charge in [-0.15, -0.1) is 0 Å². The normalized spacial score (nSPS) is 10.4. The number of nitrogens with one attached hydrogen (secondary N) is 1. The summed E-state index contributed by atoms with van der Waals surface area (Å²) in [7, 11) is 0. The lowest BCUT2D eigenvalue weighted by Crippen LogP contribution is -1.84. The average Bonchev–Trinajstić information content (AvgIpc) is 2.54. The molecule has 0 unspecified atom stereocenters. The molecule has 0 aliphatic carbocycles. The predicted molar refractivity (Wildman–Crippen MR) is 55.4 cm³/mol. The summed E-state index contributed by atoms with van der Waals surface area (Å²) in [6.07, 6.45) is 0. The smallest absolute Gasteiger partial charge is 0.139 e. The molecule has 1 heterocycles. The fraction of sp³-hybridized carbons (Fsp3) is 0.100. The number of hydrogen-bond acceptors (Lipinski definition) is 1. The molecule has 1 N–H and O–H groups in total. The van der Waals surface area contributed by atoms with E-state index in [1.165, 1.54) is 6.07 Å². The highest BCUT2D eigenvalue weighted by Gasteiger charge is 2.11. The summed E-state index contributed by atoms with van der Waals surface area (Å²) in [5.74, 6) is -0.409. The molecule has 0 bridgehead atoms. The molecular weight excluding hydrogens is 247 g/mol. The van der Waals surface area contributed by atoms with Crippen LogP contribution in [0, 0.1) is 24.1 Å². The van der Waals surface area contributed by atoms with Gasteiger partial charge in [0.05, 0.1) is 15.6 Å². The zero-order valence-electron chi connectivity index (χ0n) is 7.36. The third kappa shape index (κ3) is 1.21. The predicted octanol–water partition coefficient (Wildman–Crippen LogP) is 3.25. The summed E-state index contributed by atoms with van der Waals surface area (Å²) in [5.41, 5.74) is 1.91. The Morgan fingerprint density at radius 3 is 2.86 bits per heavy atom. The first-order valence-electron chi connectivity index (χ1n) is 4.01. The Bertz CT molecular complexity index is 551. The Morgan fingerprint density at radius 2 is 2.21 bits per heavy atom. The maximum Gasteiger partial charge on any atom is 0.139 e. The number of aryl methyl sites for hydroxylation is 1. The minimum atomic E-state index is -0.409. The molecule has 2 rings (SSSR count). The van der Waals surface area contributed by atoms with Crippen molar-refractivity contribution >= 4 is 26.8 Å². The van der Waals surface area contributed by atoms with Gasteiger partial charge in [0.2, 0.25) is 0 Å². The lowest BCUT2D eigenvalue weighted by molar-refractivity contribution is 0.623. The molecule has 0 spiro atoms. The topological polar surface area (TPSA) is 39.6 Å². The van der Waals surface area contributed by atoms with Gasteiger partial charge >= 0.3 is 0 Å². The SMILES string of the molecule is Cc1cc2c(Br)c(F)cc(C#N)c2[nH]1. The third-order valence-corrected chi connectivity index (χ3v) is 2.87. The van der Waals surface area contributed by atoms with Crippen molar-refractivity contribution in [2.45, 2.75) is 6.92 Å². The molecule has 14 heavy (non-hydrogen) atoms. The van der Waals surface area contributed by atoms with Gasteiger partial charge in [-0.3, -0.25) is 0 Å². The number of halogens is 2. The number of aromatic nitrogens is 1. The van der Waals surface area contributed by atoms with E-state index in [1.54, 1.807) is 0 Å². The second kappa shape index (κ2) is 3.10. The van der Waals surface area contributed by atoms with Gasteiger partial charge in [-0.1, -0.05) is 0 Å². The van der Waals surface area contributed by atoms with Gasteiger partial charge in [0, 0.05) is 11.1 Å². The molecule has 2 aromatic rings. The third-order valence-electron chi connectivity index (χ3n) is 2.06. The van der Waals surface area contributed by atoms with Crippen molar-refractivity contribution in [2.24, 2.45) is 0 Å². The van der Waals surface area contributed by atoms with E-state index in [1.807, 2.05) is 19.1 Å². The molecule has 0 atom stereocenters. The molecule has 0 fully saturated rings. The van der Waals surface area contributed by atoms with Crippen molar-refractivity contribution < 1.29 is 4.39 Å². The molecule has 70 valence electrons. The fourth-order valence-electron chi connectivity index (χ4n) is 1.45. The van der Waals surface area contributed by atoms with Gasteiger partial charge in [-0.2, -0.15) is 5.26 Å². The summed E-state index contributed by atoms with van der Waals surface area (Å²) in [5, 5.41) is 9.52. The van der Waals surface area contributed by atoms with Gasteiger partial charge in [-0.25, -0.2) is 4.39 Å². The zero-order valence-corrected chi connectivity index (χ0v) is 8.94. The Kier molecular flexibility index (Phi) is 2.05. The van der Waals surface area contributed by atoms with Crippen LogP contribution in [0.3, 0.4) is 0 Å². The van der Waals surface area contributed by atoms with E-state index in [2.05, 4.69) is 20.9 Å². The second-order valence-electron chi connectivity index (χ2n) is 3.07.